The number of hydrogen-bond donors (Lipinski definition) is 2. The van der Waals surface area contributed by atoms with E-state index in [4.69, 9.17) is 14.5 Å². The zero-order chi connectivity index (χ0) is 22.5. The lowest BCUT2D eigenvalue weighted by molar-refractivity contribution is -0.127. The fraction of sp³-hybridized carbons (Fsp3) is 0.667. The van der Waals surface area contributed by atoms with Gasteiger partial charge in [-0.1, -0.05) is 38.3 Å². The minimum atomic E-state index is 0.00476. The van der Waals surface area contributed by atoms with E-state index in [1.165, 1.54) is 24.8 Å². The molecule has 0 bridgehead atoms. The second-order valence-electron chi connectivity index (χ2n) is 8.44. The van der Waals surface area contributed by atoms with E-state index in [2.05, 4.69) is 42.7 Å². The molecule has 7 heteroatoms. The molecule has 0 aliphatic carbocycles. The van der Waals surface area contributed by atoms with Gasteiger partial charge in [-0.05, 0) is 31.4 Å². The number of aryl methyl sites for hydroxylation is 1. The van der Waals surface area contributed by atoms with Crippen LogP contribution < -0.4 is 15.4 Å². The molecular formula is C24H40N4O3. The first kappa shape index (κ1) is 25.0. The number of carbonyl (C=O) groups is 1. The summed E-state index contributed by atoms with van der Waals surface area (Å²) in [5.74, 6) is 2.01. The molecule has 1 fully saturated rings. The Morgan fingerprint density at radius 3 is 2.81 bits per heavy atom. The molecule has 1 aliphatic rings. The molecule has 1 unspecified atom stereocenters. The maximum atomic E-state index is 12.0. The largest absolute Gasteiger partial charge is 0.493 e. The Kier molecular flexibility index (Phi) is 11.2. The molecule has 1 aliphatic heterocycles. The van der Waals surface area contributed by atoms with Gasteiger partial charge in [-0.25, -0.2) is 4.99 Å². The van der Waals surface area contributed by atoms with Crippen LogP contribution in [0.2, 0.25) is 0 Å². The zero-order valence-electron chi connectivity index (χ0n) is 19.7. The third-order valence-electron chi connectivity index (χ3n) is 5.37. The van der Waals surface area contributed by atoms with Crippen molar-refractivity contribution in [2.45, 2.75) is 52.5 Å². The van der Waals surface area contributed by atoms with Crippen LogP contribution in [0.25, 0.3) is 0 Å². The van der Waals surface area contributed by atoms with Crippen molar-refractivity contribution >= 4 is 11.9 Å². The molecule has 0 spiro atoms. The Morgan fingerprint density at radius 1 is 1.26 bits per heavy atom. The van der Waals surface area contributed by atoms with E-state index in [1.807, 2.05) is 0 Å². The van der Waals surface area contributed by atoms with E-state index < -0.39 is 0 Å². The predicted octanol–water partition coefficient (Wildman–Crippen LogP) is 3.11. The molecule has 2 N–H and O–H groups in total. The first-order chi connectivity index (χ1) is 15.0. The number of rotatable bonds is 12. The lowest BCUT2D eigenvalue weighted by Crippen LogP contribution is -2.44. The zero-order valence-corrected chi connectivity index (χ0v) is 19.7. The summed E-state index contributed by atoms with van der Waals surface area (Å²) in [5.41, 5.74) is 2.22. The highest BCUT2D eigenvalue weighted by Crippen LogP contribution is 2.22. The molecule has 1 aromatic rings. The van der Waals surface area contributed by atoms with E-state index in [-0.39, 0.29) is 12.5 Å². The minimum Gasteiger partial charge on any atom is -0.493 e. The number of hydrogen-bond acceptors (Lipinski definition) is 4. The number of ether oxygens (including phenoxy) is 2. The number of aliphatic imine (C=N–C) groups is 1. The van der Waals surface area contributed by atoms with Crippen LogP contribution >= 0.6 is 0 Å². The van der Waals surface area contributed by atoms with Crippen molar-refractivity contribution in [2.24, 2.45) is 10.9 Å². The molecule has 1 atom stereocenters. The predicted molar refractivity (Wildman–Crippen MR) is 126 cm³/mol. The van der Waals surface area contributed by atoms with Gasteiger partial charge in [0.15, 0.2) is 5.96 Å². The third kappa shape index (κ3) is 9.59. The molecule has 0 saturated carbocycles. The highest BCUT2D eigenvalue weighted by Gasteiger charge is 2.16. The van der Waals surface area contributed by atoms with Crippen molar-refractivity contribution in [1.82, 2.24) is 15.5 Å². The minimum absolute atomic E-state index is 0.00476. The molecule has 2 rings (SSSR count). The average Bonchev–Trinajstić information content (AvgIpc) is 3.27. The van der Waals surface area contributed by atoms with Crippen LogP contribution in [-0.2, 0) is 16.1 Å². The third-order valence-corrected chi connectivity index (χ3v) is 5.37. The molecule has 1 heterocycles. The monoisotopic (exact) mass is 432 g/mol. The second kappa shape index (κ2) is 13.9. The van der Waals surface area contributed by atoms with E-state index >= 15 is 0 Å². The van der Waals surface area contributed by atoms with Crippen LogP contribution in [0.1, 0.15) is 50.2 Å². The molecule has 1 saturated heterocycles. The maximum Gasteiger partial charge on any atom is 0.241 e. The Bertz CT molecular complexity index is 700. The summed E-state index contributed by atoms with van der Waals surface area (Å²) in [4.78, 5) is 18.3. The molecule has 1 aromatic carbocycles. The van der Waals surface area contributed by atoms with Crippen molar-refractivity contribution in [3.8, 4) is 5.75 Å². The molecule has 174 valence electrons. The SMILES string of the molecule is CCCCCCOc1cc(C)ccc1CN=C(NCC(=O)N(C)C)NCC1CCOC1. The molecule has 0 aromatic heterocycles. The molecule has 1 amide bonds. The topological polar surface area (TPSA) is 75.2 Å². The Labute approximate surface area is 187 Å². The number of nitrogens with one attached hydrogen (secondary N) is 2. The Morgan fingerprint density at radius 2 is 2.10 bits per heavy atom. The first-order valence-electron chi connectivity index (χ1n) is 11.5. The van der Waals surface area contributed by atoms with Gasteiger partial charge in [-0.15, -0.1) is 0 Å². The number of amides is 1. The van der Waals surface area contributed by atoms with Crippen LogP contribution in [0.5, 0.6) is 5.75 Å². The van der Waals surface area contributed by atoms with E-state index in [0.29, 0.717) is 18.4 Å². The van der Waals surface area contributed by atoms with Crippen molar-refractivity contribution < 1.29 is 14.3 Å². The van der Waals surface area contributed by atoms with Gasteiger partial charge in [0.1, 0.15) is 5.75 Å². The summed E-state index contributed by atoms with van der Waals surface area (Å²) in [5, 5.41) is 6.53. The van der Waals surface area contributed by atoms with Crippen molar-refractivity contribution in [3.63, 3.8) is 0 Å². The highest BCUT2D eigenvalue weighted by atomic mass is 16.5. The smallest absolute Gasteiger partial charge is 0.241 e. The lowest BCUT2D eigenvalue weighted by atomic mass is 10.1. The average molecular weight is 433 g/mol. The Hall–Kier alpha value is -2.28. The molecule has 7 nitrogen and oxygen atoms in total. The standard InChI is InChI=1S/C24H40N4O3/c1-5-6-7-8-12-31-22-14-19(2)9-10-21(22)16-26-24(27-17-23(29)28(3)4)25-15-20-11-13-30-18-20/h9-10,14,20H,5-8,11-13,15-18H2,1-4H3,(H2,25,26,27). The maximum absolute atomic E-state index is 12.0. The number of guanidine groups is 1. The summed E-state index contributed by atoms with van der Waals surface area (Å²) < 4.78 is 11.5. The molecule has 0 radical (unpaired) electrons. The molecule has 31 heavy (non-hydrogen) atoms. The number of likely N-dealkylation sites (N-methyl/N-ethyl adjacent to an activating group) is 1. The van der Waals surface area contributed by atoms with Crippen molar-refractivity contribution in [2.75, 3.05) is 47.0 Å². The number of carbonyl (C=O) groups excluding carboxylic acids is 1. The fourth-order valence-corrected chi connectivity index (χ4v) is 3.28. The van der Waals surface area contributed by atoms with Gasteiger partial charge < -0.3 is 25.0 Å². The lowest BCUT2D eigenvalue weighted by Gasteiger charge is -2.17. The van der Waals surface area contributed by atoms with Gasteiger partial charge in [0.2, 0.25) is 5.91 Å². The van der Waals surface area contributed by atoms with Gasteiger partial charge in [0.25, 0.3) is 0 Å². The van der Waals surface area contributed by atoms with Crippen LogP contribution in [0.4, 0.5) is 0 Å². The van der Waals surface area contributed by atoms with E-state index in [1.54, 1.807) is 19.0 Å². The van der Waals surface area contributed by atoms with Crippen LogP contribution in [0, 0.1) is 12.8 Å². The van der Waals surface area contributed by atoms with Crippen LogP contribution in [0.15, 0.2) is 23.2 Å². The van der Waals surface area contributed by atoms with Crippen molar-refractivity contribution in [1.29, 1.82) is 0 Å². The van der Waals surface area contributed by atoms with Crippen LogP contribution in [0.3, 0.4) is 0 Å². The van der Waals surface area contributed by atoms with Crippen LogP contribution in [-0.4, -0.2) is 63.8 Å². The van der Waals surface area contributed by atoms with Gasteiger partial charge in [0, 0.05) is 38.7 Å². The quantitative estimate of drug-likeness (QED) is 0.302. The summed E-state index contributed by atoms with van der Waals surface area (Å²) >= 11 is 0. The summed E-state index contributed by atoms with van der Waals surface area (Å²) in [6.07, 6.45) is 5.77. The summed E-state index contributed by atoms with van der Waals surface area (Å²) in [6.45, 7) is 8.05. The van der Waals surface area contributed by atoms with E-state index in [0.717, 1.165) is 50.5 Å². The van der Waals surface area contributed by atoms with E-state index in [9.17, 15) is 4.79 Å². The van der Waals surface area contributed by atoms with Gasteiger partial charge in [-0.3, -0.25) is 4.79 Å². The number of nitrogens with zero attached hydrogens (tertiary/aromatic N) is 2. The number of unbranched alkanes of at least 4 members (excludes halogenated alkanes) is 3. The summed E-state index contributed by atoms with van der Waals surface area (Å²) in [6, 6.07) is 6.24. The fourth-order valence-electron chi connectivity index (χ4n) is 3.28. The first-order valence-corrected chi connectivity index (χ1v) is 11.5. The Balaban J connectivity index is 2.00. The van der Waals surface area contributed by atoms with Gasteiger partial charge in [0.05, 0.1) is 26.3 Å². The molecular weight excluding hydrogens is 392 g/mol. The van der Waals surface area contributed by atoms with Gasteiger partial charge in [-0.2, -0.15) is 0 Å². The number of benzene rings is 1. The van der Waals surface area contributed by atoms with Crippen molar-refractivity contribution in [3.05, 3.63) is 29.3 Å². The summed E-state index contributed by atoms with van der Waals surface area (Å²) in [7, 11) is 3.50. The highest BCUT2D eigenvalue weighted by molar-refractivity contribution is 5.86. The normalized spacial score (nSPS) is 16.3. The second-order valence-corrected chi connectivity index (χ2v) is 8.44. The van der Waals surface area contributed by atoms with Gasteiger partial charge >= 0.3 is 0 Å².